The van der Waals surface area contributed by atoms with Crippen LogP contribution in [0.4, 0.5) is 0 Å². The molecule has 0 saturated carbocycles. The highest BCUT2D eigenvalue weighted by Gasteiger charge is 2.35. The Morgan fingerprint density at radius 3 is 2.38 bits per heavy atom. The number of carbonyl (C=O) groups excluding carboxylic acids is 2. The molecule has 3 atom stereocenters. The van der Waals surface area contributed by atoms with E-state index in [1.165, 1.54) is 4.90 Å². The number of hydrogen-bond donors (Lipinski definition) is 1. The van der Waals surface area contributed by atoms with Crippen molar-refractivity contribution in [1.82, 2.24) is 4.90 Å². The second-order valence-corrected chi connectivity index (χ2v) is 5.89. The maximum Gasteiger partial charge on any atom is 0.261 e. The van der Waals surface area contributed by atoms with Crippen LogP contribution in [0.1, 0.15) is 46.9 Å². The van der Waals surface area contributed by atoms with E-state index in [9.17, 15) is 14.7 Å². The lowest BCUT2D eigenvalue weighted by molar-refractivity contribution is -0.176. The Kier molecular flexibility index (Phi) is 3.78. The first-order valence-corrected chi connectivity index (χ1v) is 7.35. The van der Waals surface area contributed by atoms with Crippen LogP contribution >= 0.6 is 0 Å². The predicted molar refractivity (Wildman–Crippen MR) is 75.7 cm³/mol. The third-order valence-electron chi connectivity index (χ3n) is 4.17. The standard InChI is InChI=1S/C16H19NO4/c1-10-8-11(21-14(18)9-10)6-7-17-15(19)12-4-2-3-5-13(12)16(17)20/h2-5,10-11,14,18H,6-9H2,1H3/t10-,11-,14+/m1/s1. The van der Waals surface area contributed by atoms with E-state index in [1.807, 2.05) is 0 Å². The summed E-state index contributed by atoms with van der Waals surface area (Å²) >= 11 is 0. The Hall–Kier alpha value is -1.72. The van der Waals surface area contributed by atoms with Crippen molar-refractivity contribution in [2.75, 3.05) is 6.54 Å². The molecule has 1 N–H and O–H groups in total. The van der Waals surface area contributed by atoms with Gasteiger partial charge in [0.05, 0.1) is 17.2 Å². The highest BCUT2D eigenvalue weighted by molar-refractivity contribution is 6.21. The number of aliphatic hydroxyl groups is 1. The molecule has 112 valence electrons. The highest BCUT2D eigenvalue weighted by Crippen LogP contribution is 2.27. The molecule has 0 aromatic heterocycles. The molecule has 5 nitrogen and oxygen atoms in total. The lowest BCUT2D eigenvalue weighted by Gasteiger charge is -2.31. The molecule has 0 aliphatic carbocycles. The number of aliphatic hydroxyl groups excluding tert-OH is 1. The van der Waals surface area contributed by atoms with E-state index in [2.05, 4.69) is 6.92 Å². The lowest BCUT2D eigenvalue weighted by Crippen LogP contribution is -2.37. The third kappa shape index (κ3) is 2.71. The molecule has 2 amide bonds. The van der Waals surface area contributed by atoms with Gasteiger partial charge < -0.3 is 9.84 Å². The number of ether oxygens (including phenoxy) is 1. The molecule has 21 heavy (non-hydrogen) atoms. The summed E-state index contributed by atoms with van der Waals surface area (Å²) in [5.41, 5.74) is 0.945. The van der Waals surface area contributed by atoms with E-state index in [-0.39, 0.29) is 17.9 Å². The van der Waals surface area contributed by atoms with E-state index in [0.717, 1.165) is 6.42 Å². The van der Waals surface area contributed by atoms with Gasteiger partial charge in [-0.05, 0) is 30.9 Å². The quantitative estimate of drug-likeness (QED) is 0.862. The van der Waals surface area contributed by atoms with Crippen molar-refractivity contribution in [2.24, 2.45) is 5.92 Å². The fourth-order valence-corrected chi connectivity index (χ4v) is 3.12. The molecule has 5 heteroatoms. The van der Waals surface area contributed by atoms with Crippen molar-refractivity contribution in [1.29, 1.82) is 0 Å². The summed E-state index contributed by atoms with van der Waals surface area (Å²) in [4.78, 5) is 25.7. The van der Waals surface area contributed by atoms with Crippen LogP contribution in [0.25, 0.3) is 0 Å². The molecule has 2 heterocycles. The number of hydrogen-bond acceptors (Lipinski definition) is 4. The van der Waals surface area contributed by atoms with Gasteiger partial charge in [0, 0.05) is 13.0 Å². The molecular formula is C16H19NO4. The van der Waals surface area contributed by atoms with Crippen molar-refractivity contribution in [2.45, 2.75) is 38.6 Å². The lowest BCUT2D eigenvalue weighted by atomic mass is 9.95. The number of rotatable bonds is 3. The monoisotopic (exact) mass is 289 g/mol. The number of benzene rings is 1. The average Bonchev–Trinajstić information content (AvgIpc) is 2.69. The van der Waals surface area contributed by atoms with E-state index < -0.39 is 6.29 Å². The summed E-state index contributed by atoms with van der Waals surface area (Å²) in [6.45, 7) is 2.40. The summed E-state index contributed by atoms with van der Waals surface area (Å²) in [7, 11) is 0. The van der Waals surface area contributed by atoms with Crippen LogP contribution in [0.15, 0.2) is 24.3 Å². The normalized spacial score (nSPS) is 28.9. The molecule has 0 bridgehead atoms. The highest BCUT2D eigenvalue weighted by atomic mass is 16.6. The number of amides is 2. The SMILES string of the molecule is C[C@@H]1C[C@@H](CCN2C(=O)c3ccccc3C2=O)O[C@H](O)C1. The predicted octanol–water partition coefficient (Wildman–Crippen LogP) is 1.81. The zero-order valence-corrected chi connectivity index (χ0v) is 12.0. The fraction of sp³-hybridized carbons (Fsp3) is 0.500. The molecule has 1 saturated heterocycles. The van der Waals surface area contributed by atoms with Crippen molar-refractivity contribution in [3.05, 3.63) is 35.4 Å². The van der Waals surface area contributed by atoms with Gasteiger partial charge in [-0.25, -0.2) is 0 Å². The number of fused-ring (bicyclic) bond motifs is 1. The van der Waals surface area contributed by atoms with Gasteiger partial charge in [-0.2, -0.15) is 0 Å². The minimum Gasteiger partial charge on any atom is -0.368 e. The molecule has 0 radical (unpaired) electrons. The Bertz CT molecular complexity index is 526. The van der Waals surface area contributed by atoms with Gasteiger partial charge in [0.15, 0.2) is 6.29 Å². The van der Waals surface area contributed by atoms with Gasteiger partial charge in [-0.3, -0.25) is 14.5 Å². The van der Waals surface area contributed by atoms with Crippen molar-refractivity contribution in [3.63, 3.8) is 0 Å². The second kappa shape index (κ2) is 5.58. The third-order valence-corrected chi connectivity index (χ3v) is 4.17. The first-order chi connectivity index (χ1) is 10.1. The fourth-order valence-electron chi connectivity index (χ4n) is 3.12. The van der Waals surface area contributed by atoms with Gasteiger partial charge in [0.25, 0.3) is 11.8 Å². The van der Waals surface area contributed by atoms with Gasteiger partial charge in [-0.15, -0.1) is 0 Å². The van der Waals surface area contributed by atoms with E-state index in [4.69, 9.17) is 4.74 Å². The molecule has 0 spiro atoms. The van der Waals surface area contributed by atoms with Gasteiger partial charge >= 0.3 is 0 Å². The zero-order chi connectivity index (χ0) is 15.0. The van der Waals surface area contributed by atoms with Crippen LogP contribution in [0.3, 0.4) is 0 Å². The van der Waals surface area contributed by atoms with Gasteiger partial charge in [0.1, 0.15) is 0 Å². The molecule has 2 aliphatic heterocycles. The Morgan fingerprint density at radius 1 is 1.19 bits per heavy atom. The van der Waals surface area contributed by atoms with Crippen molar-refractivity contribution >= 4 is 11.8 Å². The topological polar surface area (TPSA) is 66.8 Å². The minimum absolute atomic E-state index is 0.104. The average molecular weight is 289 g/mol. The molecule has 1 fully saturated rings. The maximum absolute atomic E-state index is 12.2. The minimum atomic E-state index is -0.735. The molecule has 3 rings (SSSR count). The van der Waals surface area contributed by atoms with Crippen LogP contribution < -0.4 is 0 Å². The Labute approximate surface area is 123 Å². The van der Waals surface area contributed by atoms with E-state index >= 15 is 0 Å². The van der Waals surface area contributed by atoms with E-state index in [0.29, 0.717) is 36.4 Å². The van der Waals surface area contributed by atoms with E-state index in [1.54, 1.807) is 24.3 Å². The largest absolute Gasteiger partial charge is 0.368 e. The first kappa shape index (κ1) is 14.2. The first-order valence-electron chi connectivity index (χ1n) is 7.35. The summed E-state index contributed by atoms with van der Waals surface area (Å²) in [5.74, 6) is -0.0825. The molecule has 0 unspecified atom stereocenters. The summed E-state index contributed by atoms with van der Waals surface area (Å²) in [6.07, 6.45) is 1.21. The molecular weight excluding hydrogens is 270 g/mol. The smallest absolute Gasteiger partial charge is 0.261 e. The van der Waals surface area contributed by atoms with Crippen molar-refractivity contribution in [3.8, 4) is 0 Å². The van der Waals surface area contributed by atoms with Crippen LogP contribution in [0.2, 0.25) is 0 Å². The maximum atomic E-state index is 12.2. The molecule has 2 aliphatic rings. The molecule has 1 aromatic carbocycles. The second-order valence-electron chi connectivity index (χ2n) is 5.89. The van der Waals surface area contributed by atoms with Gasteiger partial charge in [0.2, 0.25) is 0 Å². The van der Waals surface area contributed by atoms with Crippen molar-refractivity contribution < 1.29 is 19.4 Å². The Morgan fingerprint density at radius 2 is 1.81 bits per heavy atom. The summed E-state index contributed by atoms with van der Waals surface area (Å²) < 4.78 is 5.47. The van der Waals surface area contributed by atoms with Crippen LogP contribution in [-0.2, 0) is 4.74 Å². The summed E-state index contributed by atoms with van der Waals surface area (Å²) in [6, 6.07) is 6.88. The van der Waals surface area contributed by atoms with Crippen LogP contribution in [0.5, 0.6) is 0 Å². The Balaban J connectivity index is 1.64. The van der Waals surface area contributed by atoms with Crippen LogP contribution in [-0.4, -0.2) is 40.8 Å². The summed E-state index contributed by atoms with van der Waals surface area (Å²) in [5, 5.41) is 9.62. The number of imide groups is 1. The zero-order valence-electron chi connectivity index (χ0n) is 12.0. The number of nitrogens with zero attached hydrogens (tertiary/aromatic N) is 1. The molecule has 1 aromatic rings. The van der Waals surface area contributed by atoms with Crippen LogP contribution in [0, 0.1) is 5.92 Å². The number of carbonyl (C=O) groups is 2. The van der Waals surface area contributed by atoms with Gasteiger partial charge in [-0.1, -0.05) is 19.1 Å².